The highest BCUT2D eigenvalue weighted by atomic mass is 35.5. The minimum atomic E-state index is -0.995. The largest absolute Gasteiger partial charge is 0.116 e. The van der Waals surface area contributed by atoms with Gasteiger partial charge in [-0.15, -0.1) is 23.2 Å². The highest BCUT2D eigenvalue weighted by Crippen LogP contribution is 2.47. The first-order valence-corrected chi connectivity index (χ1v) is 7.22. The van der Waals surface area contributed by atoms with Gasteiger partial charge in [0.1, 0.15) is 4.87 Å². The first kappa shape index (κ1) is 14.8. The minimum absolute atomic E-state index is 0.258. The predicted octanol–water partition coefficient (Wildman–Crippen LogP) is 6.38. The van der Waals surface area contributed by atoms with E-state index < -0.39 is 10.3 Å². The molecule has 0 radical (unpaired) electrons. The summed E-state index contributed by atoms with van der Waals surface area (Å²) < 4.78 is 0. The molecule has 1 aromatic carbocycles. The fraction of sp³-hybridized carbons (Fsp3) is 0.167. The van der Waals surface area contributed by atoms with Crippen LogP contribution in [-0.4, -0.2) is 5.38 Å². The van der Waals surface area contributed by atoms with E-state index in [1.807, 2.05) is 0 Å². The second kappa shape index (κ2) is 5.44. The van der Waals surface area contributed by atoms with Crippen LogP contribution in [0.5, 0.6) is 0 Å². The Morgan fingerprint density at radius 2 is 1.67 bits per heavy atom. The number of alkyl halides is 2. The van der Waals surface area contributed by atoms with Gasteiger partial charge in [0.25, 0.3) is 0 Å². The van der Waals surface area contributed by atoms with Crippen LogP contribution in [0.2, 0.25) is 15.1 Å². The highest BCUT2D eigenvalue weighted by Gasteiger charge is 2.38. The Balaban J connectivity index is 2.56. The Kier molecular flexibility index (Phi) is 4.48. The first-order valence-electron chi connectivity index (χ1n) is 4.90. The van der Waals surface area contributed by atoms with Crippen molar-refractivity contribution in [3.8, 4) is 0 Å². The molecule has 96 valence electrons. The van der Waals surface area contributed by atoms with Crippen LogP contribution in [0.1, 0.15) is 5.56 Å². The van der Waals surface area contributed by atoms with E-state index in [0.29, 0.717) is 20.6 Å². The van der Waals surface area contributed by atoms with Crippen molar-refractivity contribution in [1.82, 2.24) is 0 Å². The molecule has 0 spiro atoms. The zero-order chi connectivity index (χ0) is 13.5. The van der Waals surface area contributed by atoms with Crippen molar-refractivity contribution in [2.75, 3.05) is 0 Å². The van der Waals surface area contributed by atoms with Crippen LogP contribution in [0.15, 0.2) is 35.4 Å². The molecule has 2 unspecified atom stereocenters. The van der Waals surface area contributed by atoms with Gasteiger partial charge in [0, 0.05) is 5.03 Å². The summed E-state index contributed by atoms with van der Waals surface area (Å²) in [6, 6.07) is 3.34. The van der Waals surface area contributed by atoms with Crippen molar-refractivity contribution < 1.29 is 0 Å². The third-order valence-corrected chi connectivity index (χ3v) is 5.33. The van der Waals surface area contributed by atoms with Gasteiger partial charge in [-0.1, -0.05) is 58.5 Å². The van der Waals surface area contributed by atoms with Crippen LogP contribution >= 0.6 is 69.6 Å². The molecule has 2 rings (SSSR count). The van der Waals surface area contributed by atoms with Gasteiger partial charge < -0.3 is 0 Å². The van der Waals surface area contributed by atoms with Gasteiger partial charge >= 0.3 is 0 Å². The van der Waals surface area contributed by atoms with E-state index in [4.69, 9.17) is 69.6 Å². The van der Waals surface area contributed by atoms with E-state index in [2.05, 4.69) is 0 Å². The molecule has 0 saturated heterocycles. The molecule has 1 aromatic rings. The second-order valence-electron chi connectivity index (χ2n) is 3.78. The number of hydrogen-bond donors (Lipinski definition) is 0. The number of allylic oxidation sites excluding steroid dienone is 4. The molecule has 18 heavy (non-hydrogen) atoms. The molecular weight excluding hydrogens is 357 g/mol. The van der Waals surface area contributed by atoms with Gasteiger partial charge in [0.05, 0.1) is 20.4 Å². The maximum absolute atomic E-state index is 6.54. The zero-order valence-corrected chi connectivity index (χ0v) is 13.3. The minimum Gasteiger partial charge on any atom is -0.116 e. The van der Waals surface area contributed by atoms with Crippen molar-refractivity contribution in [3.05, 3.63) is 56.0 Å². The van der Waals surface area contributed by atoms with E-state index in [1.165, 1.54) is 0 Å². The predicted molar refractivity (Wildman–Crippen MR) is 81.7 cm³/mol. The normalized spacial score (nSPS) is 27.2. The fourth-order valence-electron chi connectivity index (χ4n) is 1.67. The van der Waals surface area contributed by atoms with E-state index >= 15 is 0 Å². The summed E-state index contributed by atoms with van der Waals surface area (Å²) in [6.07, 6.45) is 5.02. The average molecular weight is 363 g/mol. The van der Waals surface area contributed by atoms with Gasteiger partial charge in [0.2, 0.25) is 0 Å². The summed E-state index contributed by atoms with van der Waals surface area (Å²) in [4.78, 5) is -0.995. The van der Waals surface area contributed by atoms with Gasteiger partial charge in [-0.3, -0.25) is 0 Å². The van der Waals surface area contributed by atoms with Crippen LogP contribution in [-0.2, 0) is 4.87 Å². The van der Waals surface area contributed by atoms with Gasteiger partial charge in [-0.2, -0.15) is 0 Å². The van der Waals surface area contributed by atoms with Crippen LogP contribution < -0.4 is 0 Å². The van der Waals surface area contributed by atoms with Crippen LogP contribution in [0.4, 0.5) is 0 Å². The SMILES string of the molecule is ClC1=CC(Cl)C(Cl)(c2ccc(Cl)c(Cl)c2Cl)C=C1. The van der Waals surface area contributed by atoms with Gasteiger partial charge in [0.15, 0.2) is 0 Å². The molecule has 6 heteroatoms. The Morgan fingerprint density at radius 3 is 2.28 bits per heavy atom. The van der Waals surface area contributed by atoms with Crippen LogP contribution in [0, 0.1) is 0 Å². The fourth-order valence-corrected chi connectivity index (χ4v) is 3.27. The van der Waals surface area contributed by atoms with Crippen LogP contribution in [0.3, 0.4) is 0 Å². The molecule has 0 bridgehead atoms. The summed E-state index contributed by atoms with van der Waals surface area (Å²) in [5.41, 5.74) is 0.594. The van der Waals surface area contributed by atoms with E-state index in [1.54, 1.807) is 30.4 Å². The van der Waals surface area contributed by atoms with Crippen molar-refractivity contribution in [1.29, 1.82) is 0 Å². The third kappa shape index (κ3) is 2.52. The number of benzene rings is 1. The lowest BCUT2D eigenvalue weighted by Gasteiger charge is -2.31. The topological polar surface area (TPSA) is 0 Å². The average Bonchev–Trinajstić information content (AvgIpc) is 2.32. The maximum atomic E-state index is 6.54. The maximum Gasteiger partial charge on any atom is 0.109 e. The molecule has 0 aromatic heterocycles. The number of halogens is 6. The van der Waals surface area contributed by atoms with Crippen molar-refractivity contribution >= 4 is 69.6 Å². The van der Waals surface area contributed by atoms with Crippen LogP contribution in [0.25, 0.3) is 0 Å². The molecule has 0 N–H and O–H groups in total. The van der Waals surface area contributed by atoms with Crippen molar-refractivity contribution in [2.24, 2.45) is 0 Å². The zero-order valence-electron chi connectivity index (χ0n) is 8.73. The van der Waals surface area contributed by atoms with Crippen molar-refractivity contribution in [3.63, 3.8) is 0 Å². The molecule has 2 atom stereocenters. The molecule has 1 aliphatic carbocycles. The van der Waals surface area contributed by atoms with Crippen molar-refractivity contribution in [2.45, 2.75) is 10.3 Å². The highest BCUT2D eigenvalue weighted by molar-refractivity contribution is 6.49. The monoisotopic (exact) mass is 360 g/mol. The Hall–Kier alpha value is 0.440. The quantitative estimate of drug-likeness (QED) is 0.401. The Bertz CT molecular complexity index is 548. The molecular formula is C12H6Cl6. The smallest absolute Gasteiger partial charge is 0.109 e. The van der Waals surface area contributed by atoms with E-state index in [-0.39, 0.29) is 5.02 Å². The molecule has 0 fully saturated rings. The summed E-state index contributed by atoms with van der Waals surface area (Å²) in [5.74, 6) is 0. The van der Waals surface area contributed by atoms with E-state index in [0.717, 1.165) is 0 Å². The lowest BCUT2D eigenvalue weighted by molar-refractivity contribution is 0.770. The lowest BCUT2D eigenvalue weighted by Crippen LogP contribution is -2.29. The molecule has 0 saturated carbocycles. The Morgan fingerprint density at radius 1 is 1.00 bits per heavy atom. The molecule has 0 nitrogen and oxygen atoms in total. The lowest BCUT2D eigenvalue weighted by atomic mass is 9.91. The molecule has 0 amide bonds. The second-order valence-corrected chi connectivity index (χ2v) is 6.47. The molecule has 1 aliphatic rings. The third-order valence-electron chi connectivity index (χ3n) is 2.64. The summed E-state index contributed by atoms with van der Waals surface area (Å²) in [5, 5.41) is 0.911. The Labute approximate surface area is 135 Å². The molecule has 0 aliphatic heterocycles. The number of hydrogen-bond acceptors (Lipinski definition) is 0. The number of rotatable bonds is 1. The van der Waals surface area contributed by atoms with Gasteiger partial charge in [-0.25, -0.2) is 0 Å². The first-order chi connectivity index (χ1) is 8.36. The summed E-state index contributed by atoms with van der Waals surface area (Å²) in [6.45, 7) is 0. The standard InChI is InChI=1S/C12H6Cl6/c13-6-3-4-12(18,9(15)5-6)7-1-2-8(14)11(17)10(7)16/h1-5,9H. The summed E-state index contributed by atoms with van der Waals surface area (Å²) in [7, 11) is 0. The molecule has 0 heterocycles. The van der Waals surface area contributed by atoms with E-state index in [9.17, 15) is 0 Å². The summed E-state index contributed by atoms with van der Waals surface area (Å²) >= 11 is 36.7. The van der Waals surface area contributed by atoms with Gasteiger partial charge in [-0.05, 0) is 23.8 Å².